The molecule has 1 fully saturated rings. The fraction of sp³-hybridized carbons (Fsp3) is 0.450. The number of benzene rings is 1. The van der Waals surface area contributed by atoms with Crippen LogP contribution in [0.4, 0.5) is 5.69 Å². The molecular formula is C20H28N4. The molecule has 0 spiro atoms. The Morgan fingerprint density at radius 2 is 2.00 bits per heavy atom. The van der Waals surface area contributed by atoms with Gasteiger partial charge in [0.15, 0.2) is 0 Å². The second-order valence-corrected chi connectivity index (χ2v) is 7.06. The van der Waals surface area contributed by atoms with Crippen molar-refractivity contribution in [1.29, 1.82) is 0 Å². The second-order valence-electron chi connectivity index (χ2n) is 7.06. The smallest absolute Gasteiger partial charge is 0.0543 e. The number of nitrogens with one attached hydrogen (secondary N) is 1. The van der Waals surface area contributed by atoms with Gasteiger partial charge in [0, 0.05) is 43.6 Å². The number of rotatable bonds is 6. The van der Waals surface area contributed by atoms with Crippen molar-refractivity contribution in [1.82, 2.24) is 15.2 Å². The highest BCUT2D eigenvalue weighted by Crippen LogP contribution is 2.28. The van der Waals surface area contributed by atoms with E-state index in [0.29, 0.717) is 18.0 Å². The summed E-state index contributed by atoms with van der Waals surface area (Å²) in [5.41, 5.74) is 9.45. The first kappa shape index (κ1) is 16.9. The molecule has 1 saturated heterocycles. The highest BCUT2D eigenvalue weighted by atomic mass is 15.2. The first-order valence-electron chi connectivity index (χ1n) is 8.86. The highest BCUT2D eigenvalue weighted by molar-refractivity contribution is 5.48. The van der Waals surface area contributed by atoms with Crippen molar-refractivity contribution in [2.24, 2.45) is 5.92 Å². The van der Waals surface area contributed by atoms with E-state index in [1.165, 1.54) is 12.0 Å². The number of likely N-dealkylation sites (tertiary alicyclic amines) is 1. The van der Waals surface area contributed by atoms with Gasteiger partial charge in [-0.2, -0.15) is 0 Å². The largest absolute Gasteiger partial charge is 0.398 e. The van der Waals surface area contributed by atoms with Crippen molar-refractivity contribution >= 4 is 5.69 Å². The predicted octanol–water partition coefficient (Wildman–Crippen LogP) is 3.23. The summed E-state index contributed by atoms with van der Waals surface area (Å²) in [6.45, 7) is 7.62. The summed E-state index contributed by atoms with van der Waals surface area (Å²) in [6, 6.07) is 15.1. The average molecular weight is 324 g/mol. The molecule has 1 aliphatic rings. The number of nitrogen functional groups attached to an aromatic ring is 1. The minimum atomic E-state index is 0.297. The molecule has 0 saturated carbocycles. The molecule has 2 atom stereocenters. The molecule has 1 aliphatic heterocycles. The molecule has 4 heteroatoms. The predicted molar refractivity (Wildman–Crippen MR) is 99.5 cm³/mol. The van der Waals surface area contributed by atoms with Crippen molar-refractivity contribution in [3.63, 3.8) is 0 Å². The first-order valence-corrected chi connectivity index (χ1v) is 8.86. The van der Waals surface area contributed by atoms with E-state index in [4.69, 9.17) is 5.73 Å². The van der Waals surface area contributed by atoms with Crippen LogP contribution in [0.1, 0.15) is 37.6 Å². The minimum Gasteiger partial charge on any atom is -0.398 e. The van der Waals surface area contributed by atoms with E-state index in [-0.39, 0.29) is 0 Å². The number of anilines is 1. The lowest BCUT2D eigenvalue weighted by atomic mass is 9.93. The van der Waals surface area contributed by atoms with Crippen LogP contribution in [0.5, 0.6) is 0 Å². The van der Waals surface area contributed by atoms with E-state index in [0.717, 1.165) is 31.0 Å². The molecule has 1 aromatic heterocycles. The summed E-state index contributed by atoms with van der Waals surface area (Å²) in [6.07, 6.45) is 3.04. The Kier molecular flexibility index (Phi) is 5.48. The third kappa shape index (κ3) is 4.13. The summed E-state index contributed by atoms with van der Waals surface area (Å²) in [7, 11) is 0. The van der Waals surface area contributed by atoms with E-state index in [1.807, 2.05) is 24.4 Å². The van der Waals surface area contributed by atoms with Crippen LogP contribution >= 0.6 is 0 Å². The van der Waals surface area contributed by atoms with Gasteiger partial charge in [0.25, 0.3) is 0 Å². The summed E-state index contributed by atoms with van der Waals surface area (Å²) in [4.78, 5) is 6.91. The van der Waals surface area contributed by atoms with Crippen molar-refractivity contribution in [3.8, 4) is 0 Å². The van der Waals surface area contributed by atoms with Gasteiger partial charge >= 0.3 is 0 Å². The standard InChI is InChI=1S/C20H28N4/c1-15(2)20(18-8-3-4-9-19(18)21)23-17-10-12-24(14-17)13-16-7-5-6-11-22-16/h3-9,11,15,17,20,23H,10,12-14,21H2,1-2H3. The van der Waals surface area contributed by atoms with Gasteiger partial charge in [0.2, 0.25) is 0 Å². The monoisotopic (exact) mass is 324 g/mol. The van der Waals surface area contributed by atoms with Gasteiger partial charge in [-0.1, -0.05) is 38.1 Å². The van der Waals surface area contributed by atoms with Crippen LogP contribution in [0.15, 0.2) is 48.7 Å². The van der Waals surface area contributed by atoms with E-state index in [2.05, 4.69) is 53.3 Å². The van der Waals surface area contributed by atoms with Gasteiger partial charge in [-0.25, -0.2) is 0 Å². The minimum absolute atomic E-state index is 0.297. The van der Waals surface area contributed by atoms with Crippen LogP contribution in [-0.2, 0) is 6.54 Å². The van der Waals surface area contributed by atoms with Crippen LogP contribution in [0, 0.1) is 5.92 Å². The Balaban J connectivity index is 1.62. The maximum atomic E-state index is 6.20. The number of aromatic nitrogens is 1. The quantitative estimate of drug-likeness (QED) is 0.801. The van der Waals surface area contributed by atoms with Crippen molar-refractivity contribution in [2.45, 2.75) is 38.9 Å². The van der Waals surface area contributed by atoms with E-state index in [9.17, 15) is 0 Å². The molecule has 0 bridgehead atoms. The molecule has 0 amide bonds. The van der Waals surface area contributed by atoms with E-state index in [1.54, 1.807) is 0 Å². The lowest BCUT2D eigenvalue weighted by Gasteiger charge is -2.28. The molecule has 2 heterocycles. The molecule has 24 heavy (non-hydrogen) atoms. The molecule has 4 nitrogen and oxygen atoms in total. The molecule has 1 aromatic carbocycles. The zero-order valence-electron chi connectivity index (χ0n) is 14.7. The van der Waals surface area contributed by atoms with Crippen LogP contribution in [0.3, 0.4) is 0 Å². The number of hydrogen-bond acceptors (Lipinski definition) is 4. The van der Waals surface area contributed by atoms with Crippen molar-refractivity contribution in [2.75, 3.05) is 18.8 Å². The molecule has 2 aromatic rings. The second kappa shape index (κ2) is 7.77. The maximum Gasteiger partial charge on any atom is 0.0543 e. The Hall–Kier alpha value is -1.91. The summed E-state index contributed by atoms with van der Waals surface area (Å²) >= 11 is 0. The van der Waals surface area contributed by atoms with Gasteiger partial charge in [0.1, 0.15) is 0 Å². The Bertz CT molecular complexity index is 641. The van der Waals surface area contributed by atoms with Gasteiger partial charge in [0.05, 0.1) is 5.69 Å². The first-order chi connectivity index (χ1) is 11.6. The lowest BCUT2D eigenvalue weighted by molar-refractivity contribution is 0.301. The maximum absolute atomic E-state index is 6.20. The third-order valence-electron chi connectivity index (χ3n) is 4.80. The highest BCUT2D eigenvalue weighted by Gasteiger charge is 2.27. The third-order valence-corrected chi connectivity index (χ3v) is 4.80. The van der Waals surface area contributed by atoms with Crippen LogP contribution < -0.4 is 11.1 Å². The van der Waals surface area contributed by atoms with Gasteiger partial charge in [-0.3, -0.25) is 9.88 Å². The molecule has 3 N–H and O–H groups in total. The number of pyridine rings is 1. The Morgan fingerprint density at radius 3 is 2.71 bits per heavy atom. The van der Waals surface area contributed by atoms with Gasteiger partial charge < -0.3 is 11.1 Å². The summed E-state index contributed by atoms with van der Waals surface area (Å²) < 4.78 is 0. The average Bonchev–Trinajstić information content (AvgIpc) is 3.01. The van der Waals surface area contributed by atoms with E-state index < -0.39 is 0 Å². The fourth-order valence-electron chi connectivity index (χ4n) is 3.52. The molecular weight excluding hydrogens is 296 g/mol. The topological polar surface area (TPSA) is 54.2 Å². The normalized spacial score (nSPS) is 19.7. The van der Waals surface area contributed by atoms with Crippen molar-refractivity contribution < 1.29 is 0 Å². The van der Waals surface area contributed by atoms with Gasteiger partial charge in [-0.05, 0) is 36.1 Å². The number of nitrogens with two attached hydrogens (primary N) is 1. The molecule has 0 aliphatic carbocycles. The van der Waals surface area contributed by atoms with E-state index >= 15 is 0 Å². The Labute approximate surface area is 145 Å². The molecule has 2 unspecified atom stereocenters. The fourth-order valence-corrected chi connectivity index (χ4v) is 3.52. The molecule has 0 radical (unpaired) electrons. The molecule has 128 valence electrons. The lowest BCUT2D eigenvalue weighted by Crippen LogP contribution is -2.37. The SMILES string of the molecule is CC(C)C(NC1CCN(Cc2ccccn2)C1)c1ccccc1N. The molecule has 3 rings (SSSR count). The van der Waals surface area contributed by atoms with Crippen LogP contribution in [0.25, 0.3) is 0 Å². The number of para-hydroxylation sites is 1. The van der Waals surface area contributed by atoms with Crippen LogP contribution in [0.2, 0.25) is 0 Å². The number of hydrogen-bond donors (Lipinski definition) is 2. The zero-order chi connectivity index (χ0) is 16.9. The number of nitrogens with zero attached hydrogens (tertiary/aromatic N) is 2. The van der Waals surface area contributed by atoms with Gasteiger partial charge in [-0.15, -0.1) is 0 Å². The Morgan fingerprint density at radius 1 is 1.21 bits per heavy atom. The zero-order valence-corrected chi connectivity index (χ0v) is 14.7. The summed E-state index contributed by atoms with van der Waals surface area (Å²) in [5, 5.41) is 3.85. The summed E-state index contributed by atoms with van der Waals surface area (Å²) in [5.74, 6) is 0.500. The van der Waals surface area contributed by atoms with Crippen molar-refractivity contribution in [3.05, 3.63) is 59.9 Å². The van der Waals surface area contributed by atoms with Crippen LogP contribution in [-0.4, -0.2) is 29.0 Å².